The van der Waals surface area contributed by atoms with E-state index >= 15 is 0 Å². The SMILES string of the molecule is Cc1ccc2nc(NC(=O)CCc3ccc(C#N)cc3)sc2c1. The number of carbonyl (C=O) groups excluding carboxylic acids is 1. The van der Waals surface area contributed by atoms with Crippen LogP contribution >= 0.6 is 11.3 Å². The van der Waals surface area contributed by atoms with Crippen molar-refractivity contribution in [3.05, 3.63) is 59.2 Å². The molecule has 0 bridgehead atoms. The fraction of sp³-hybridized carbons (Fsp3) is 0.167. The quantitative estimate of drug-likeness (QED) is 0.788. The third-order valence-electron chi connectivity index (χ3n) is 3.51. The Morgan fingerprint density at radius 2 is 2.04 bits per heavy atom. The average molecular weight is 321 g/mol. The first-order valence-corrected chi connectivity index (χ1v) is 8.12. The maximum atomic E-state index is 12.1. The highest BCUT2D eigenvalue weighted by Gasteiger charge is 2.08. The lowest BCUT2D eigenvalue weighted by molar-refractivity contribution is -0.116. The summed E-state index contributed by atoms with van der Waals surface area (Å²) < 4.78 is 1.08. The zero-order valence-corrected chi connectivity index (χ0v) is 13.5. The molecule has 0 saturated carbocycles. The molecule has 1 aromatic heterocycles. The molecule has 4 nitrogen and oxygen atoms in total. The molecule has 1 amide bonds. The van der Waals surface area contributed by atoms with Gasteiger partial charge in [0.15, 0.2) is 5.13 Å². The third-order valence-corrected chi connectivity index (χ3v) is 4.45. The molecule has 23 heavy (non-hydrogen) atoms. The molecule has 0 aliphatic carbocycles. The molecule has 0 fully saturated rings. The molecule has 114 valence electrons. The number of hydrogen-bond acceptors (Lipinski definition) is 4. The van der Waals surface area contributed by atoms with Gasteiger partial charge in [0, 0.05) is 6.42 Å². The summed E-state index contributed by atoms with van der Waals surface area (Å²) in [4.78, 5) is 16.5. The number of nitrogens with zero attached hydrogens (tertiary/aromatic N) is 2. The summed E-state index contributed by atoms with van der Waals surface area (Å²) in [6, 6.07) is 15.4. The monoisotopic (exact) mass is 321 g/mol. The summed E-state index contributed by atoms with van der Waals surface area (Å²) in [5.41, 5.74) is 3.75. The van der Waals surface area contributed by atoms with E-state index in [1.807, 2.05) is 31.2 Å². The number of anilines is 1. The van der Waals surface area contributed by atoms with E-state index in [2.05, 4.69) is 22.4 Å². The molecule has 0 atom stereocenters. The van der Waals surface area contributed by atoms with Crippen molar-refractivity contribution in [1.29, 1.82) is 5.26 Å². The lowest BCUT2D eigenvalue weighted by atomic mass is 10.1. The van der Waals surface area contributed by atoms with Crippen molar-refractivity contribution >= 4 is 32.6 Å². The Morgan fingerprint density at radius 3 is 2.78 bits per heavy atom. The molecule has 0 radical (unpaired) electrons. The van der Waals surface area contributed by atoms with E-state index in [4.69, 9.17) is 5.26 Å². The van der Waals surface area contributed by atoms with Gasteiger partial charge in [0.1, 0.15) is 0 Å². The molecular weight excluding hydrogens is 306 g/mol. The molecule has 5 heteroatoms. The number of benzene rings is 2. The van der Waals surface area contributed by atoms with Gasteiger partial charge >= 0.3 is 0 Å². The first-order valence-electron chi connectivity index (χ1n) is 7.30. The molecule has 1 N–H and O–H groups in total. The topological polar surface area (TPSA) is 65.8 Å². The standard InChI is InChI=1S/C18H15N3OS/c1-12-2-8-15-16(10-12)23-18(20-15)21-17(22)9-7-13-3-5-14(11-19)6-4-13/h2-6,8,10H,7,9H2,1H3,(H,20,21,22). The molecule has 0 unspecified atom stereocenters. The Balaban J connectivity index is 1.60. The Bertz CT molecular complexity index is 891. The van der Waals surface area contributed by atoms with Crippen LogP contribution in [0, 0.1) is 18.3 Å². The predicted molar refractivity (Wildman–Crippen MR) is 92.5 cm³/mol. The van der Waals surface area contributed by atoms with Gasteiger partial charge in [0.25, 0.3) is 0 Å². The summed E-state index contributed by atoms with van der Waals surface area (Å²) in [5.74, 6) is -0.0508. The number of aromatic nitrogens is 1. The van der Waals surface area contributed by atoms with E-state index in [9.17, 15) is 4.79 Å². The second-order valence-corrected chi connectivity index (χ2v) is 6.38. The van der Waals surface area contributed by atoms with Crippen LogP contribution in [0.1, 0.15) is 23.1 Å². The minimum atomic E-state index is -0.0508. The largest absolute Gasteiger partial charge is 0.302 e. The van der Waals surface area contributed by atoms with Crippen LogP contribution in [-0.2, 0) is 11.2 Å². The molecule has 0 aliphatic rings. The van der Waals surface area contributed by atoms with E-state index < -0.39 is 0 Å². The highest BCUT2D eigenvalue weighted by Crippen LogP contribution is 2.26. The number of amides is 1. The highest BCUT2D eigenvalue weighted by atomic mass is 32.1. The average Bonchev–Trinajstić information content (AvgIpc) is 2.94. The second kappa shape index (κ2) is 6.59. The third kappa shape index (κ3) is 3.74. The van der Waals surface area contributed by atoms with Gasteiger partial charge in [0.05, 0.1) is 21.8 Å². The van der Waals surface area contributed by atoms with Crippen LogP contribution in [0.3, 0.4) is 0 Å². The first kappa shape index (κ1) is 15.2. The molecular formula is C18H15N3OS. The molecule has 1 heterocycles. The molecule has 3 rings (SSSR count). The Kier molecular flexibility index (Phi) is 4.35. The van der Waals surface area contributed by atoms with E-state index in [1.54, 1.807) is 12.1 Å². The van der Waals surface area contributed by atoms with Crippen molar-refractivity contribution in [2.24, 2.45) is 0 Å². The molecule has 2 aromatic carbocycles. The Morgan fingerprint density at radius 1 is 1.26 bits per heavy atom. The number of hydrogen-bond donors (Lipinski definition) is 1. The first-order chi connectivity index (χ1) is 11.1. The van der Waals surface area contributed by atoms with Crippen LogP contribution in [-0.4, -0.2) is 10.9 Å². The number of nitrogens with one attached hydrogen (secondary N) is 1. The van der Waals surface area contributed by atoms with Crippen LogP contribution in [0.4, 0.5) is 5.13 Å². The van der Waals surface area contributed by atoms with Crippen LogP contribution in [0.25, 0.3) is 10.2 Å². The summed E-state index contributed by atoms with van der Waals surface area (Å²) in [6.45, 7) is 2.04. The van der Waals surface area contributed by atoms with E-state index in [1.165, 1.54) is 16.9 Å². The number of carbonyl (C=O) groups is 1. The van der Waals surface area contributed by atoms with E-state index in [0.717, 1.165) is 15.8 Å². The number of nitriles is 1. The van der Waals surface area contributed by atoms with Gasteiger partial charge in [-0.15, -0.1) is 0 Å². The Labute approximate surface area is 138 Å². The summed E-state index contributed by atoms with van der Waals surface area (Å²) in [7, 11) is 0. The smallest absolute Gasteiger partial charge is 0.226 e. The summed E-state index contributed by atoms with van der Waals surface area (Å²) >= 11 is 1.49. The van der Waals surface area contributed by atoms with Crippen molar-refractivity contribution in [2.45, 2.75) is 19.8 Å². The maximum Gasteiger partial charge on any atom is 0.226 e. The molecule has 3 aromatic rings. The molecule has 0 spiro atoms. The van der Waals surface area contributed by atoms with Gasteiger partial charge in [-0.2, -0.15) is 5.26 Å². The summed E-state index contributed by atoms with van der Waals surface area (Å²) in [6.07, 6.45) is 1.03. The minimum Gasteiger partial charge on any atom is -0.302 e. The van der Waals surface area contributed by atoms with Crippen molar-refractivity contribution in [3.8, 4) is 6.07 Å². The number of rotatable bonds is 4. The number of thiazole rings is 1. The van der Waals surface area contributed by atoms with Crippen LogP contribution < -0.4 is 5.32 Å². The normalized spacial score (nSPS) is 10.4. The van der Waals surface area contributed by atoms with Gasteiger partial charge in [-0.1, -0.05) is 29.5 Å². The van der Waals surface area contributed by atoms with Gasteiger partial charge < -0.3 is 5.32 Å². The van der Waals surface area contributed by atoms with Crippen molar-refractivity contribution in [3.63, 3.8) is 0 Å². The predicted octanol–water partition coefficient (Wildman–Crippen LogP) is 4.05. The van der Waals surface area contributed by atoms with Gasteiger partial charge in [-0.25, -0.2) is 4.98 Å². The van der Waals surface area contributed by atoms with Gasteiger partial charge in [-0.05, 0) is 48.7 Å². The van der Waals surface area contributed by atoms with E-state index in [-0.39, 0.29) is 5.91 Å². The molecule has 0 saturated heterocycles. The lowest BCUT2D eigenvalue weighted by Crippen LogP contribution is -2.12. The van der Waals surface area contributed by atoms with Crippen LogP contribution in [0.15, 0.2) is 42.5 Å². The Hall–Kier alpha value is -2.71. The fourth-order valence-corrected chi connectivity index (χ4v) is 3.25. The number of aryl methyl sites for hydroxylation is 2. The maximum absolute atomic E-state index is 12.1. The van der Waals surface area contributed by atoms with Crippen molar-refractivity contribution < 1.29 is 4.79 Å². The second-order valence-electron chi connectivity index (χ2n) is 5.35. The fourth-order valence-electron chi connectivity index (χ4n) is 2.27. The van der Waals surface area contributed by atoms with Crippen LogP contribution in [0.2, 0.25) is 0 Å². The van der Waals surface area contributed by atoms with Gasteiger partial charge in [0.2, 0.25) is 5.91 Å². The highest BCUT2D eigenvalue weighted by molar-refractivity contribution is 7.22. The van der Waals surface area contributed by atoms with Crippen molar-refractivity contribution in [1.82, 2.24) is 4.98 Å². The molecule has 0 aliphatic heterocycles. The van der Waals surface area contributed by atoms with Gasteiger partial charge in [-0.3, -0.25) is 4.79 Å². The van der Waals surface area contributed by atoms with Crippen molar-refractivity contribution in [2.75, 3.05) is 5.32 Å². The van der Waals surface area contributed by atoms with Crippen LogP contribution in [0.5, 0.6) is 0 Å². The zero-order chi connectivity index (χ0) is 16.2. The summed E-state index contributed by atoms with van der Waals surface area (Å²) in [5, 5.41) is 12.3. The van der Waals surface area contributed by atoms with E-state index in [0.29, 0.717) is 23.5 Å². The number of fused-ring (bicyclic) bond motifs is 1. The minimum absolute atomic E-state index is 0.0508. The zero-order valence-electron chi connectivity index (χ0n) is 12.7. The lowest BCUT2D eigenvalue weighted by Gasteiger charge is -2.02.